The molecule has 0 saturated heterocycles. The van der Waals surface area contributed by atoms with Gasteiger partial charge in [-0.2, -0.15) is 0 Å². The van der Waals surface area contributed by atoms with Gasteiger partial charge in [-0.05, 0) is 31.2 Å². The summed E-state index contributed by atoms with van der Waals surface area (Å²) in [5.41, 5.74) is 0.961. The summed E-state index contributed by atoms with van der Waals surface area (Å²) in [6, 6.07) is 6.27. The van der Waals surface area contributed by atoms with Crippen LogP contribution in [0, 0.1) is 0 Å². The van der Waals surface area contributed by atoms with Gasteiger partial charge in [-0.3, -0.25) is 9.52 Å². The van der Waals surface area contributed by atoms with Crippen LogP contribution in [0.2, 0.25) is 0 Å². The Morgan fingerprint density at radius 2 is 1.80 bits per heavy atom. The summed E-state index contributed by atoms with van der Waals surface area (Å²) in [5, 5.41) is 0. The van der Waals surface area contributed by atoms with Gasteiger partial charge in [0.15, 0.2) is 5.78 Å². The molecule has 0 fully saturated rings. The zero-order chi connectivity index (χ0) is 15.0. The number of carbonyl (C=O) groups is 1. The van der Waals surface area contributed by atoms with Crippen molar-refractivity contribution in [3.63, 3.8) is 0 Å². The Morgan fingerprint density at radius 3 is 2.35 bits per heavy atom. The van der Waals surface area contributed by atoms with Gasteiger partial charge in [0.2, 0.25) is 10.0 Å². The molecule has 0 unspecified atom stereocenters. The molecule has 0 spiro atoms. The minimum atomic E-state index is -3.46. The molecule has 112 valence electrons. The van der Waals surface area contributed by atoms with Crippen molar-refractivity contribution >= 4 is 21.5 Å². The van der Waals surface area contributed by atoms with E-state index in [0.29, 0.717) is 24.5 Å². The zero-order valence-corrected chi connectivity index (χ0v) is 12.4. The Bertz CT molecular complexity index is 524. The van der Waals surface area contributed by atoms with Crippen molar-refractivity contribution < 1.29 is 22.7 Å². The number of benzene rings is 1. The van der Waals surface area contributed by atoms with Crippen molar-refractivity contribution in [3.05, 3.63) is 29.8 Å². The second-order valence-electron chi connectivity index (χ2n) is 4.16. The highest BCUT2D eigenvalue weighted by Gasteiger charge is 2.10. The molecule has 1 rings (SSSR count). The number of ether oxygens (including phenoxy) is 2. The maximum absolute atomic E-state index is 11.8. The molecule has 0 aliphatic heterocycles. The number of Topliss-reactive ketones (excluding diaryl/α,β-unsaturated/α-hetero) is 1. The first-order chi connectivity index (χ1) is 9.44. The van der Waals surface area contributed by atoms with Crippen LogP contribution in [-0.4, -0.2) is 46.9 Å². The predicted molar refractivity (Wildman–Crippen MR) is 76.6 cm³/mol. The molecule has 20 heavy (non-hydrogen) atoms. The molecule has 7 heteroatoms. The second kappa shape index (κ2) is 7.98. The number of ketones is 1. The molecule has 0 heterocycles. The molecule has 0 radical (unpaired) electrons. The van der Waals surface area contributed by atoms with Gasteiger partial charge in [0, 0.05) is 18.4 Å². The van der Waals surface area contributed by atoms with Crippen molar-refractivity contribution in [3.8, 4) is 0 Å². The molecule has 0 amide bonds. The van der Waals surface area contributed by atoms with Crippen LogP contribution in [0.25, 0.3) is 0 Å². The number of anilines is 1. The molecule has 1 aromatic rings. The fraction of sp³-hybridized carbons (Fsp3) is 0.462. The van der Waals surface area contributed by atoms with Crippen molar-refractivity contribution in [1.82, 2.24) is 0 Å². The van der Waals surface area contributed by atoms with Gasteiger partial charge < -0.3 is 9.47 Å². The Morgan fingerprint density at radius 1 is 1.15 bits per heavy atom. The van der Waals surface area contributed by atoms with E-state index in [-0.39, 0.29) is 18.1 Å². The molecule has 0 saturated carbocycles. The molecule has 1 aromatic carbocycles. The Kier molecular flexibility index (Phi) is 6.63. The molecule has 6 nitrogen and oxygen atoms in total. The van der Waals surface area contributed by atoms with Gasteiger partial charge in [-0.25, -0.2) is 8.42 Å². The van der Waals surface area contributed by atoms with E-state index in [1.807, 2.05) is 0 Å². The Hall–Kier alpha value is -1.44. The monoisotopic (exact) mass is 301 g/mol. The van der Waals surface area contributed by atoms with Crippen LogP contribution in [0.4, 0.5) is 5.69 Å². The van der Waals surface area contributed by atoms with E-state index in [9.17, 15) is 13.2 Å². The molecule has 1 N–H and O–H groups in total. The minimum Gasteiger partial charge on any atom is -0.382 e. The third kappa shape index (κ3) is 6.14. The van der Waals surface area contributed by atoms with Gasteiger partial charge in [0.05, 0.1) is 25.6 Å². The lowest BCUT2D eigenvalue weighted by Gasteiger charge is -2.08. The van der Waals surface area contributed by atoms with Crippen LogP contribution < -0.4 is 4.72 Å². The number of methoxy groups -OCH3 is 1. The first kappa shape index (κ1) is 16.6. The smallest absolute Gasteiger partial charge is 0.234 e. The maximum atomic E-state index is 11.8. The van der Waals surface area contributed by atoms with Crippen LogP contribution in [0.3, 0.4) is 0 Å². The van der Waals surface area contributed by atoms with E-state index in [2.05, 4.69) is 4.72 Å². The lowest BCUT2D eigenvalue weighted by Crippen LogP contribution is -2.21. The fourth-order valence-electron chi connectivity index (χ4n) is 1.42. The predicted octanol–water partition coefficient (Wildman–Crippen LogP) is 1.29. The number of carbonyl (C=O) groups excluding carboxylic acids is 1. The van der Waals surface area contributed by atoms with Crippen LogP contribution >= 0.6 is 0 Å². The quantitative estimate of drug-likeness (QED) is 0.549. The minimum absolute atomic E-state index is 0.0639. The van der Waals surface area contributed by atoms with Crippen LogP contribution in [-0.2, 0) is 19.5 Å². The third-order valence-corrected chi connectivity index (χ3v) is 3.74. The van der Waals surface area contributed by atoms with Crippen molar-refractivity contribution in [2.24, 2.45) is 0 Å². The SMILES string of the molecule is COCCOCCS(=O)(=O)Nc1ccc(C(C)=O)cc1. The Balaban J connectivity index is 2.47. The van der Waals surface area contributed by atoms with Crippen molar-refractivity contribution in [2.45, 2.75) is 6.92 Å². The average Bonchev–Trinajstić information content (AvgIpc) is 2.38. The number of rotatable bonds is 9. The highest BCUT2D eigenvalue weighted by atomic mass is 32.2. The van der Waals surface area contributed by atoms with E-state index in [4.69, 9.17) is 9.47 Å². The summed E-state index contributed by atoms with van der Waals surface area (Å²) >= 11 is 0. The van der Waals surface area contributed by atoms with Gasteiger partial charge in [0.25, 0.3) is 0 Å². The summed E-state index contributed by atoms with van der Waals surface area (Å²) < 4.78 is 35.8. The molecule has 0 aliphatic carbocycles. The van der Waals surface area contributed by atoms with E-state index >= 15 is 0 Å². The van der Waals surface area contributed by atoms with Gasteiger partial charge >= 0.3 is 0 Å². The molecule has 0 bridgehead atoms. The van der Waals surface area contributed by atoms with E-state index in [1.165, 1.54) is 6.92 Å². The topological polar surface area (TPSA) is 81.7 Å². The first-order valence-corrected chi connectivity index (χ1v) is 7.78. The lowest BCUT2D eigenvalue weighted by atomic mass is 10.1. The summed E-state index contributed by atoms with van der Waals surface area (Å²) in [4.78, 5) is 11.1. The highest BCUT2D eigenvalue weighted by Crippen LogP contribution is 2.11. The van der Waals surface area contributed by atoms with Crippen molar-refractivity contribution in [2.75, 3.05) is 37.4 Å². The average molecular weight is 301 g/mol. The van der Waals surface area contributed by atoms with E-state index in [1.54, 1.807) is 31.4 Å². The number of hydrogen-bond donors (Lipinski definition) is 1. The third-order valence-electron chi connectivity index (χ3n) is 2.49. The second-order valence-corrected chi connectivity index (χ2v) is 6.00. The van der Waals surface area contributed by atoms with Crippen LogP contribution in [0.5, 0.6) is 0 Å². The van der Waals surface area contributed by atoms with Crippen LogP contribution in [0.15, 0.2) is 24.3 Å². The zero-order valence-electron chi connectivity index (χ0n) is 11.6. The van der Waals surface area contributed by atoms with Crippen LogP contribution in [0.1, 0.15) is 17.3 Å². The van der Waals surface area contributed by atoms with E-state index in [0.717, 1.165) is 0 Å². The number of nitrogens with one attached hydrogen (secondary N) is 1. The van der Waals surface area contributed by atoms with Gasteiger partial charge in [-0.1, -0.05) is 0 Å². The molecule has 0 aromatic heterocycles. The summed E-state index contributed by atoms with van der Waals surface area (Å²) in [6.45, 7) is 2.35. The fourth-order valence-corrected chi connectivity index (χ4v) is 2.35. The molecular formula is C13H19NO5S. The normalized spacial score (nSPS) is 11.3. The summed E-state index contributed by atoms with van der Waals surface area (Å²) in [6.07, 6.45) is 0. The van der Waals surface area contributed by atoms with E-state index < -0.39 is 10.0 Å². The maximum Gasteiger partial charge on any atom is 0.234 e. The largest absolute Gasteiger partial charge is 0.382 e. The Labute approximate surface area is 119 Å². The molecule has 0 aliphatic rings. The van der Waals surface area contributed by atoms with Gasteiger partial charge in [-0.15, -0.1) is 0 Å². The van der Waals surface area contributed by atoms with Crippen molar-refractivity contribution in [1.29, 1.82) is 0 Å². The standard InChI is InChI=1S/C13H19NO5S/c1-11(15)12-3-5-13(6-4-12)14-20(16,17)10-9-19-8-7-18-2/h3-6,14H,7-10H2,1-2H3. The number of sulfonamides is 1. The first-order valence-electron chi connectivity index (χ1n) is 6.13. The lowest BCUT2D eigenvalue weighted by molar-refractivity contribution is 0.0785. The highest BCUT2D eigenvalue weighted by molar-refractivity contribution is 7.92. The number of hydrogen-bond acceptors (Lipinski definition) is 5. The molecular weight excluding hydrogens is 282 g/mol. The summed E-state index contributed by atoms with van der Waals surface area (Å²) in [7, 11) is -1.91. The van der Waals surface area contributed by atoms with Gasteiger partial charge in [0.1, 0.15) is 0 Å². The summed E-state index contributed by atoms with van der Waals surface area (Å²) in [5.74, 6) is -0.198. The molecule has 0 atom stereocenters.